The van der Waals surface area contributed by atoms with Crippen molar-refractivity contribution in [2.45, 2.75) is 35.2 Å². The Morgan fingerprint density at radius 3 is 2.69 bits per heavy atom. The van der Waals surface area contributed by atoms with Crippen LogP contribution in [0.3, 0.4) is 0 Å². The van der Waals surface area contributed by atoms with Crippen molar-refractivity contribution in [1.82, 2.24) is 0 Å². The van der Waals surface area contributed by atoms with E-state index < -0.39 is 26.7 Å². The normalized spacial score (nSPS) is 20.6. The highest BCUT2D eigenvalue weighted by Gasteiger charge is 2.39. The lowest BCUT2D eigenvalue weighted by molar-refractivity contribution is -0.139. The smallest absolute Gasteiger partial charge is 0.396 e. The fraction of sp³-hybridized carbons (Fsp3) is 0.381. The SMILES string of the molecule is CN(c1cccc2c1NC(C1=NCC(CCO)S1)C2)S(=O)(=O)c1ccccc1C(F)(F)F. The van der Waals surface area contributed by atoms with Crippen LogP contribution in [-0.2, 0) is 22.6 Å². The van der Waals surface area contributed by atoms with E-state index in [1.165, 1.54) is 13.1 Å². The van der Waals surface area contributed by atoms with E-state index in [-0.39, 0.29) is 23.6 Å². The number of para-hydroxylation sites is 1. The van der Waals surface area contributed by atoms with Crippen molar-refractivity contribution in [1.29, 1.82) is 0 Å². The molecule has 2 aromatic rings. The molecule has 0 aliphatic carbocycles. The molecule has 32 heavy (non-hydrogen) atoms. The molecule has 0 radical (unpaired) electrons. The zero-order chi connectivity index (χ0) is 23.1. The number of anilines is 2. The molecular weight excluding hydrogens is 463 g/mol. The number of fused-ring (bicyclic) bond motifs is 1. The van der Waals surface area contributed by atoms with Gasteiger partial charge in [0.05, 0.1) is 39.5 Å². The van der Waals surface area contributed by atoms with Crippen molar-refractivity contribution in [2.75, 3.05) is 29.8 Å². The first-order valence-electron chi connectivity index (χ1n) is 9.98. The van der Waals surface area contributed by atoms with Gasteiger partial charge in [0.15, 0.2) is 0 Å². The van der Waals surface area contributed by atoms with Crippen molar-refractivity contribution < 1.29 is 26.7 Å². The average Bonchev–Trinajstić information content (AvgIpc) is 3.39. The minimum absolute atomic E-state index is 0.0883. The van der Waals surface area contributed by atoms with Crippen molar-refractivity contribution in [3.05, 3.63) is 53.6 Å². The molecule has 6 nitrogen and oxygen atoms in total. The zero-order valence-electron chi connectivity index (χ0n) is 17.1. The summed E-state index contributed by atoms with van der Waals surface area (Å²) in [5.41, 5.74) is 0.518. The Labute approximate surface area is 188 Å². The summed E-state index contributed by atoms with van der Waals surface area (Å²) in [5.74, 6) is 0. The lowest BCUT2D eigenvalue weighted by Crippen LogP contribution is -2.30. The second kappa shape index (κ2) is 8.60. The summed E-state index contributed by atoms with van der Waals surface area (Å²) in [5, 5.41) is 13.6. The summed E-state index contributed by atoms with van der Waals surface area (Å²) in [4.78, 5) is 3.77. The number of thioether (sulfide) groups is 1. The number of nitrogens with one attached hydrogen (secondary N) is 1. The van der Waals surface area contributed by atoms with Gasteiger partial charge >= 0.3 is 6.18 Å². The molecular formula is C21H22F3N3O3S2. The van der Waals surface area contributed by atoms with E-state index in [1.54, 1.807) is 23.9 Å². The Morgan fingerprint density at radius 2 is 1.97 bits per heavy atom. The topological polar surface area (TPSA) is 82.0 Å². The van der Waals surface area contributed by atoms with Gasteiger partial charge in [-0.05, 0) is 30.2 Å². The fourth-order valence-corrected chi connectivity index (χ4v) is 6.49. The third-order valence-corrected chi connectivity index (χ3v) is 8.73. The van der Waals surface area contributed by atoms with Crippen molar-refractivity contribution in [3.8, 4) is 0 Å². The minimum atomic E-state index is -4.80. The van der Waals surface area contributed by atoms with E-state index in [4.69, 9.17) is 5.11 Å². The van der Waals surface area contributed by atoms with Crippen LogP contribution in [0.5, 0.6) is 0 Å². The molecule has 0 spiro atoms. The number of rotatable bonds is 6. The molecule has 2 atom stereocenters. The van der Waals surface area contributed by atoms with E-state index in [2.05, 4.69) is 10.3 Å². The number of sulfonamides is 1. The lowest BCUT2D eigenvalue weighted by atomic mass is 10.1. The van der Waals surface area contributed by atoms with Gasteiger partial charge in [0.1, 0.15) is 0 Å². The molecule has 0 amide bonds. The molecule has 0 saturated heterocycles. The molecule has 4 rings (SSSR count). The summed E-state index contributed by atoms with van der Waals surface area (Å²) >= 11 is 1.60. The number of aliphatic hydroxyl groups excluding tert-OH is 1. The maximum atomic E-state index is 13.4. The van der Waals surface area contributed by atoms with Gasteiger partial charge in [-0.25, -0.2) is 8.42 Å². The van der Waals surface area contributed by atoms with E-state index >= 15 is 0 Å². The number of nitrogens with zero attached hydrogens (tertiary/aromatic N) is 2. The Morgan fingerprint density at radius 1 is 1.22 bits per heavy atom. The largest absolute Gasteiger partial charge is 0.417 e. The second-order valence-electron chi connectivity index (χ2n) is 7.61. The third kappa shape index (κ3) is 4.20. The van der Waals surface area contributed by atoms with Crippen LogP contribution in [0.4, 0.5) is 24.5 Å². The van der Waals surface area contributed by atoms with Gasteiger partial charge in [-0.15, -0.1) is 11.8 Å². The second-order valence-corrected chi connectivity index (χ2v) is 10.9. The van der Waals surface area contributed by atoms with Gasteiger partial charge in [0, 0.05) is 25.3 Å². The maximum Gasteiger partial charge on any atom is 0.417 e. The first kappa shape index (κ1) is 22.9. The summed E-state index contributed by atoms with van der Waals surface area (Å²) in [7, 11) is -3.21. The molecule has 2 unspecified atom stereocenters. The Balaban J connectivity index is 1.64. The summed E-state index contributed by atoms with van der Waals surface area (Å²) in [6.07, 6.45) is -3.56. The van der Waals surface area contributed by atoms with Crippen LogP contribution in [0.15, 0.2) is 52.4 Å². The van der Waals surface area contributed by atoms with E-state index in [0.29, 0.717) is 25.1 Å². The quantitative estimate of drug-likeness (QED) is 0.651. The number of halogens is 3. The summed E-state index contributed by atoms with van der Waals surface area (Å²) in [6.45, 7) is 0.704. The molecule has 172 valence electrons. The Hall–Kier alpha value is -2.24. The molecule has 2 aliphatic heterocycles. The van der Waals surface area contributed by atoms with Crippen LogP contribution in [0.25, 0.3) is 0 Å². The monoisotopic (exact) mass is 485 g/mol. The predicted molar refractivity (Wildman–Crippen MR) is 120 cm³/mol. The molecule has 0 aromatic heterocycles. The van der Waals surface area contributed by atoms with Crippen molar-refractivity contribution >= 4 is 38.2 Å². The number of benzene rings is 2. The Kier molecular flexibility index (Phi) is 6.17. The summed E-state index contributed by atoms with van der Waals surface area (Å²) in [6, 6.07) is 9.16. The molecule has 2 aromatic carbocycles. The number of aliphatic imine (C=N–C) groups is 1. The van der Waals surface area contributed by atoms with E-state index in [1.807, 2.05) is 6.07 Å². The van der Waals surface area contributed by atoms with Crippen LogP contribution < -0.4 is 9.62 Å². The maximum absolute atomic E-state index is 13.4. The van der Waals surface area contributed by atoms with Gasteiger partial charge in [-0.1, -0.05) is 24.3 Å². The summed E-state index contributed by atoms with van der Waals surface area (Å²) < 4.78 is 67.6. The molecule has 2 N–H and O–H groups in total. The minimum Gasteiger partial charge on any atom is -0.396 e. The van der Waals surface area contributed by atoms with Gasteiger partial charge in [0.2, 0.25) is 0 Å². The van der Waals surface area contributed by atoms with Crippen LogP contribution in [-0.4, -0.2) is 50.1 Å². The van der Waals surface area contributed by atoms with Gasteiger partial charge < -0.3 is 10.4 Å². The highest BCUT2D eigenvalue weighted by atomic mass is 32.2. The number of hydrogen-bond acceptors (Lipinski definition) is 6. The van der Waals surface area contributed by atoms with Gasteiger partial charge in [-0.2, -0.15) is 13.2 Å². The first-order valence-corrected chi connectivity index (χ1v) is 12.3. The Bertz CT molecular complexity index is 1150. The van der Waals surface area contributed by atoms with Crippen molar-refractivity contribution in [2.24, 2.45) is 4.99 Å². The van der Waals surface area contributed by atoms with Crippen LogP contribution in [0.2, 0.25) is 0 Å². The van der Waals surface area contributed by atoms with Crippen LogP contribution >= 0.6 is 11.8 Å². The highest BCUT2D eigenvalue weighted by molar-refractivity contribution is 8.14. The molecule has 2 heterocycles. The number of alkyl halides is 3. The molecule has 0 saturated carbocycles. The van der Waals surface area contributed by atoms with E-state index in [9.17, 15) is 21.6 Å². The van der Waals surface area contributed by atoms with Gasteiger partial charge in [0.25, 0.3) is 10.0 Å². The lowest BCUT2D eigenvalue weighted by Gasteiger charge is -2.24. The number of hydrogen-bond donors (Lipinski definition) is 2. The standard InChI is InChI=1S/C21H22F3N3O3S2/c1-27(32(29,30)18-8-3-2-6-15(18)21(22,23)24)17-7-4-5-13-11-16(26-19(13)17)20-25-12-14(31-20)9-10-28/h2-8,14,16,26,28H,9-12H2,1H3. The molecule has 2 aliphatic rings. The zero-order valence-corrected chi connectivity index (χ0v) is 18.8. The predicted octanol–water partition coefficient (Wildman–Crippen LogP) is 3.76. The number of aliphatic hydroxyl groups is 1. The molecule has 11 heteroatoms. The average molecular weight is 486 g/mol. The third-order valence-electron chi connectivity index (χ3n) is 5.53. The van der Waals surface area contributed by atoms with Gasteiger partial charge in [-0.3, -0.25) is 9.30 Å². The van der Waals surface area contributed by atoms with Crippen molar-refractivity contribution in [3.63, 3.8) is 0 Å². The van der Waals surface area contributed by atoms with Crippen LogP contribution in [0, 0.1) is 0 Å². The van der Waals surface area contributed by atoms with E-state index in [0.717, 1.165) is 33.1 Å². The highest BCUT2D eigenvalue weighted by Crippen LogP contribution is 2.41. The first-order chi connectivity index (χ1) is 15.1. The van der Waals surface area contributed by atoms with Crippen LogP contribution in [0.1, 0.15) is 17.5 Å². The fourth-order valence-electron chi connectivity index (χ4n) is 3.91. The molecule has 0 bridgehead atoms. The molecule has 0 fully saturated rings.